The van der Waals surface area contributed by atoms with Crippen LogP contribution in [-0.2, 0) is 14.3 Å². The van der Waals surface area contributed by atoms with Crippen molar-refractivity contribution in [2.45, 2.75) is 58.0 Å². The second-order valence-electron chi connectivity index (χ2n) is 10.0. The molecule has 168 valence electrons. The van der Waals surface area contributed by atoms with Crippen molar-refractivity contribution in [3.63, 3.8) is 0 Å². The molecule has 3 aliphatic heterocycles. The largest absolute Gasteiger partial charge is 0.444 e. The summed E-state index contributed by atoms with van der Waals surface area (Å²) in [7, 11) is 0. The summed E-state index contributed by atoms with van der Waals surface area (Å²) in [5.74, 6) is -1.50. The van der Waals surface area contributed by atoms with E-state index in [4.69, 9.17) is 4.74 Å². The smallest absolute Gasteiger partial charge is 0.410 e. The molecule has 0 radical (unpaired) electrons. The summed E-state index contributed by atoms with van der Waals surface area (Å²) in [6.07, 6.45) is 2.14. The van der Waals surface area contributed by atoms with Crippen molar-refractivity contribution in [3.05, 3.63) is 29.6 Å². The van der Waals surface area contributed by atoms with Crippen molar-refractivity contribution in [1.29, 1.82) is 0 Å². The molecule has 1 aromatic carbocycles. The van der Waals surface area contributed by atoms with E-state index in [1.54, 1.807) is 17.0 Å². The number of carbonyl (C=O) groups excluding carboxylic acids is 3. The zero-order chi connectivity index (χ0) is 22.4. The Kier molecular flexibility index (Phi) is 5.43. The highest BCUT2D eigenvalue weighted by molar-refractivity contribution is 6.00. The van der Waals surface area contributed by atoms with Crippen LogP contribution in [0.5, 0.6) is 0 Å². The monoisotopic (exact) mass is 431 g/mol. The van der Waals surface area contributed by atoms with Crippen molar-refractivity contribution < 1.29 is 23.5 Å². The molecular formula is C23H30FN3O4. The number of likely N-dealkylation sites (tertiary alicyclic amines) is 1. The number of piperidine rings is 1. The van der Waals surface area contributed by atoms with Crippen LogP contribution in [0.3, 0.4) is 0 Å². The summed E-state index contributed by atoms with van der Waals surface area (Å²) in [5.41, 5.74) is 0.536. The summed E-state index contributed by atoms with van der Waals surface area (Å²) < 4.78 is 20.5. The predicted octanol–water partition coefficient (Wildman–Crippen LogP) is 3.18. The normalized spacial score (nSPS) is 26.5. The number of nitrogens with one attached hydrogen (secondary N) is 1. The van der Waals surface area contributed by atoms with E-state index in [2.05, 4.69) is 5.32 Å². The number of ether oxygens (including phenoxy) is 1. The van der Waals surface area contributed by atoms with Gasteiger partial charge in [-0.25, -0.2) is 9.18 Å². The van der Waals surface area contributed by atoms with E-state index in [0.29, 0.717) is 37.3 Å². The minimum absolute atomic E-state index is 0.0500. The minimum Gasteiger partial charge on any atom is -0.444 e. The van der Waals surface area contributed by atoms with Gasteiger partial charge in [0, 0.05) is 38.0 Å². The fourth-order valence-electron chi connectivity index (χ4n) is 4.90. The lowest BCUT2D eigenvalue weighted by Crippen LogP contribution is -2.39. The SMILES string of the molecule is CC(C)(C)OC(=O)N1CCC2(CCN(c3ccc(C4CCC(=O)NC4=O)cc3F)C2)C1. The van der Waals surface area contributed by atoms with Gasteiger partial charge in [0.25, 0.3) is 0 Å². The number of nitrogens with zero attached hydrogens (tertiary/aromatic N) is 2. The molecule has 1 spiro atoms. The topological polar surface area (TPSA) is 79.0 Å². The first-order valence-corrected chi connectivity index (χ1v) is 10.9. The molecule has 8 heteroatoms. The van der Waals surface area contributed by atoms with Gasteiger partial charge in [0.05, 0.1) is 11.6 Å². The Hall–Kier alpha value is -2.64. The second-order valence-corrected chi connectivity index (χ2v) is 10.0. The number of halogens is 1. The molecule has 3 amide bonds. The van der Waals surface area contributed by atoms with Gasteiger partial charge in [0.15, 0.2) is 0 Å². The Labute approximate surface area is 181 Å². The molecule has 0 aliphatic carbocycles. The third-order valence-electron chi connectivity index (χ3n) is 6.48. The highest BCUT2D eigenvalue weighted by atomic mass is 19.1. The molecular weight excluding hydrogens is 401 g/mol. The van der Waals surface area contributed by atoms with E-state index in [1.807, 2.05) is 25.7 Å². The molecule has 4 rings (SSSR count). The molecule has 0 aromatic heterocycles. The van der Waals surface area contributed by atoms with Crippen LogP contribution in [0.15, 0.2) is 18.2 Å². The van der Waals surface area contributed by atoms with Crippen LogP contribution in [0.25, 0.3) is 0 Å². The Morgan fingerprint density at radius 2 is 1.94 bits per heavy atom. The molecule has 7 nitrogen and oxygen atoms in total. The number of hydrogen-bond acceptors (Lipinski definition) is 5. The van der Waals surface area contributed by atoms with Gasteiger partial charge < -0.3 is 14.5 Å². The fraction of sp³-hybridized carbons (Fsp3) is 0.609. The van der Waals surface area contributed by atoms with E-state index in [0.717, 1.165) is 19.4 Å². The summed E-state index contributed by atoms with van der Waals surface area (Å²) >= 11 is 0. The number of benzene rings is 1. The quantitative estimate of drug-likeness (QED) is 0.728. The van der Waals surface area contributed by atoms with Gasteiger partial charge in [0.1, 0.15) is 11.4 Å². The lowest BCUT2D eigenvalue weighted by Gasteiger charge is -2.28. The Morgan fingerprint density at radius 3 is 2.61 bits per heavy atom. The van der Waals surface area contributed by atoms with Gasteiger partial charge in [-0.3, -0.25) is 14.9 Å². The first-order chi connectivity index (χ1) is 14.6. The van der Waals surface area contributed by atoms with Gasteiger partial charge >= 0.3 is 6.09 Å². The molecule has 2 atom stereocenters. The average Bonchev–Trinajstić information content (AvgIpc) is 3.27. The van der Waals surface area contributed by atoms with E-state index in [9.17, 15) is 14.4 Å². The molecule has 3 aliphatic rings. The van der Waals surface area contributed by atoms with Crippen molar-refractivity contribution in [1.82, 2.24) is 10.2 Å². The third kappa shape index (κ3) is 4.52. The summed E-state index contributed by atoms with van der Waals surface area (Å²) in [6.45, 7) is 8.24. The van der Waals surface area contributed by atoms with Gasteiger partial charge in [-0.05, 0) is 57.7 Å². The Morgan fingerprint density at radius 1 is 1.19 bits per heavy atom. The number of amides is 3. The Balaban J connectivity index is 1.42. The zero-order valence-corrected chi connectivity index (χ0v) is 18.4. The minimum atomic E-state index is -0.526. The average molecular weight is 432 g/mol. The van der Waals surface area contributed by atoms with Crippen molar-refractivity contribution in [3.8, 4) is 0 Å². The molecule has 3 heterocycles. The van der Waals surface area contributed by atoms with E-state index in [-0.39, 0.29) is 35.6 Å². The number of anilines is 1. The maximum Gasteiger partial charge on any atom is 0.410 e. The highest BCUT2D eigenvalue weighted by Gasteiger charge is 2.46. The lowest BCUT2D eigenvalue weighted by molar-refractivity contribution is -0.134. The summed E-state index contributed by atoms with van der Waals surface area (Å²) in [6, 6.07) is 4.93. The molecule has 31 heavy (non-hydrogen) atoms. The molecule has 1 N–H and O–H groups in total. The summed E-state index contributed by atoms with van der Waals surface area (Å²) in [4.78, 5) is 39.7. The number of hydrogen-bond donors (Lipinski definition) is 1. The lowest BCUT2D eigenvalue weighted by atomic mass is 9.86. The first-order valence-electron chi connectivity index (χ1n) is 10.9. The van der Waals surface area contributed by atoms with Gasteiger partial charge in [-0.1, -0.05) is 6.07 Å². The van der Waals surface area contributed by atoms with Crippen molar-refractivity contribution in [2.24, 2.45) is 5.41 Å². The van der Waals surface area contributed by atoms with Crippen molar-refractivity contribution >= 4 is 23.6 Å². The molecule has 0 saturated carbocycles. The first kappa shape index (κ1) is 21.6. The second kappa shape index (κ2) is 7.80. The maximum atomic E-state index is 15.0. The van der Waals surface area contributed by atoms with Crippen LogP contribution in [0.1, 0.15) is 57.9 Å². The van der Waals surface area contributed by atoms with Crippen LogP contribution in [0, 0.1) is 11.2 Å². The fourth-order valence-corrected chi connectivity index (χ4v) is 4.90. The molecule has 1 aromatic rings. The molecule has 3 saturated heterocycles. The van der Waals surface area contributed by atoms with Gasteiger partial charge in [-0.15, -0.1) is 0 Å². The number of carbonyl (C=O) groups is 3. The van der Waals surface area contributed by atoms with E-state index >= 15 is 4.39 Å². The number of rotatable bonds is 2. The van der Waals surface area contributed by atoms with E-state index in [1.165, 1.54) is 6.07 Å². The Bertz CT molecular complexity index is 913. The van der Waals surface area contributed by atoms with Crippen LogP contribution in [0.4, 0.5) is 14.9 Å². The van der Waals surface area contributed by atoms with Gasteiger partial charge in [0.2, 0.25) is 11.8 Å². The van der Waals surface area contributed by atoms with E-state index < -0.39 is 11.5 Å². The standard InChI is InChI=1S/C23H30FN3O4/c1-22(2,3)31-21(30)27-11-9-23(14-27)8-10-26(13-23)18-6-4-15(12-17(18)24)16-5-7-19(28)25-20(16)29/h4,6,12,16H,5,7-11,13-14H2,1-3H3,(H,25,28,29). The molecule has 3 fully saturated rings. The highest BCUT2D eigenvalue weighted by Crippen LogP contribution is 2.42. The zero-order valence-electron chi connectivity index (χ0n) is 18.4. The summed E-state index contributed by atoms with van der Waals surface area (Å²) in [5, 5.41) is 2.32. The molecule has 0 bridgehead atoms. The van der Waals surface area contributed by atoms with Crippen LogP contribution >= 0.6 is 0 Å². The van der Waals surface area contributed by atoms with Crippen molar-refractivity contribution in [2.75, 3.05) is 31.1 Å². The predicted molar refractivity (Wildman–Crippen MR) is 113 cm³/mol. The van der Waals surface area contributed by atoms with Crippen LogP contribution in [-0.4, -0.2) is 54.6 Å². The third-order valence-corrected chi connectivity index (χ3v) is 6.48. The maximum absolute atomic E-state index is 15.0. The number of imide groups is 1. The van der Waals surface area contributed by atoms with Crippen LogP contribution < -0.4 is 10.2 Å². The van der Waals surface area contributed by atoms with Gasteiger partial charge in [-0.2, -0.15) is 0 Å². The van der Waals surface area contributed by atoms with Crippen LogP contribution in [0.2, 0.25) is 0 Å². The molecule has 2 unspecified atom stereocenters.